The lowest BCUT2D eigenvalue weighted by molar-refractivity contribution is -0.172. The van der Waals surface area contributed by atoms with Gasteiger partial charge in [0, 0.05) is 0 Å². The van der Waals surface area contributed by atoms with Crippen molar-refractivity contribution < 1.29 is 15.3 Å². The molecule has 0 rings (SSSR count). The van der Waals surface area contributed by atoms with E-state index in [4.69, 9.17) is 21.1 Å². The van der Waals surface area contributed by atoms with Crippen molar-refractivity contribution in [1.82, 2.24) is 0 Å². The Hall–Kier alpha value is 0.130. The van der Waals surface area contributed by atoms with E-state index < -0.39 is 12.0 Å². The van der Waals surface area contributed by atoms with Crippen molar-refractivity contribution in [2.75, 3.05) is 0 Å². The van der Waals surface area contributed by atoms with Crippen LogP contribution in [0.1, 0.15) is 6.92 Å². The molecule has 1 atom stereocenters. The van der Waals surface area contributed by atoms with Crippen LogP contribution in [0.15, 0.2) is 0 Å². The maximum absolute atomic E-state index is 8.37. The summed E-state index contributed by atoms with van der Waals surface area (Å²) in [5, 5.41) is 24.5. The summed E-state index contributed by atoms with van der Waals surface area (Å²) in [6.07, 6.45) is -1.87. The largest absolute Gasteiger partial charge is 0.371 e. The number of aliphatic hydroxyl groups excluding tert-OH is 1. The molecule has 0 aliphatic heterocycles. The molecule has 1 unspecified atom stereocenters. The summed E-state index contributed by atoms with van der Waals surface area (Å²) >= 11 is 0. The zero-order chi connectivity index (χ0) is 6.08. The number of nitrogens with two attached hydrogens (primary N) is 1. The van der Waals surface area contributed by atoms with Gasteiger partial charge in [-0.25, -0.2) is 0 Å². The SMILES string of the molecule is CC(N)(O)C(O)O.Cl. The first-order chi connectivity index (χ1) is 2.94. The Bertz CT molecular complexity index is 60.0. The van der Waals surface area contributed by atoms with Gasteiger partial charge in [0.05, 0.1) is 0 Å². The summed E-state index contributed by atoms with van der Waals surface area (Å²) in [5.74, 6) is 0. The smallest absolute Gasteiger partial charge is 0.194 e. The molecule has 0 radical (unpaired) electrons. The highest BCUT2D eigenvalue weighted by Gasteiger charge is 2.21. The Morgan fingerprint density at radius 1 is 1.50 bits per heavy atom. The minimum atomic E-state index is -1.89. The molecule has 8 heavy (non-hydrogen) atoms. The van der Waals surface area contributed by atoms with Crippen molar-refractivity contribution in [1.29, 1.82) is 0 Å². The number of rotatable bonds is 1. The average molecular weight is 144 g/mol. The molecule has 0 aromatic heterocycles. The maximum Gasteiger partial charge on any atom is 0.194 e. The first-order valence-corrected chi connectivity index (χ1v) is 1.82. The standard InChI is InChI=1S/C3H9NO3.ClH/c1-3(4,7)2(5)6;/h2,5-7H,4H2,1H3;1H. The van der Waals surface area contributed by atoms with Crippen LogP contribution in [0.2, 0.25) is 0 Å². The van der Waals surface area contributed by atoms with E-state index in [0.717, 1.165) is 6.92 Å². The van der Waals surface area contributed by atoms with Crippen molar-refractivity contribution in [3.8, 4) is 0 Å². The Balaban J connectivity index is 0. The van der Waals surface area contributed by atoms with Gasteiger partial charge in [-0.15, -0.1) is 12.4 Å². The highest BCUT2D eigenvalue weighted by molar-refractivity contribution is 5.85. The van der Waals surface area contributed by atoms with Gasteiger partial charge in [-0.2, -0.15) is 0 Å². The fraction of sp³-hybridized carbons (Fsp3) is 1.00. The summed E-state index contributed by atoms with van der Waals surface area (Å²) in [5.41, 5.74) is 2.84. The van der Waals surface area contributed by atoms with Gasteiger partial charge in [0.2, 0.25) is 0 Å². The predicted octanol–water partition coefficient (Wildman–Crippen LogP) is -1.61. The Labute approximate surface area is 53.3 Å². The average Bonchev–Trinajstić information content (AvgIpc) is 1.31. The van der Waals surface area contributed by atoms with E-state index in [-0.39, 0.29) is 12.4 Å². The summed E-state index contributed by atoms with van der Waals surface area (Å²) in [4.78, 5) is 0. The molecule has 4 nitrogen and oxygen atoms in total. The third-order valence-electron chi connectivity index (χ3n) is 0.523. The third-order valence-corrected chi connectivity index (χ3v) is 0.523. The molecule has 0 saturated carbocycles. The van der Waals surface area contributed by atoms with Crippen molar-refractivity contribution in [2.24, 2.45) is 5.73 Å². The highest BCUT2D eigenvalue weighted by Crippen LogP contribution is 1.94. The zero-order valence-corrected chi connectivity index (χ0v) is 5.22. The number of hydrogen-bond donors (Lipinski definition) is 4. The van der Waals surface area contributed by atoms with E-state index >= 15 is 0 Å². The van der Waals surface area contributed by atoms with Gasteiger partial charge in [0.15, 0.2) is 12.0 Å². The normalized spacial score (nSPS) is 17.2. The lowest BCUT2D eigenvalue weighted by Gasteiger charge is -2.18. The minimum absolute atomic E-state index is 0. The molecule has 0 heterocycles. The van der Waals surface area contributed by atoms with Crippen LogP contribution in [0.5, 0.6) is 0 Å². The van der Waals surface area contributed by atoms with Crippen LogP contribution < -0.4 is 5.73 Å². The van der Waals surface area contributed by atoms with Gasteiger partial charge in [-0.05, 0) is 6.92 Å². The fourth-order valence-electron chi connectivity index (χ4n) is 0. The molecule has 0 bridgehead atoms. The van der Waals surface area contributed by atoms with E-state index in [2.05, 4.69) is 0 Å². The van der Waals surface area contributed by atoms with Crippen LogP contribution in [-0.4, -0.2) is 27.3 Å². The minimum Gasteiger partial charge on any atom is -0.371 e. The molecule has 0 fully saturated rings. The second-order valence-electron chi connectivity index (χ2n) is 1.60. The summed E-state index contributed by atoms with van der Waals surface area (Å²) in [6.45, 7) is 1.09. The number of aliphatic hydroxyl groups is 3. The van der Waals surface area contributed by atoms with Crippen LogP contribution in [-0.2, 0) is 0 Å². The molecule has 5 heteroatoms. The molecule has 5 N–H and O–H groups in total. The van der Waals surface area contributed by atoms with Crippen LogP contribution in [0.4, 0.5) is 0 Å². The van der Waals surface area contributed by atoms with Crippen molar-refractivity contribution in [3.63, 3.8) is 0 Å². The Morgan fingerprint density at radius 3 is 1.62 bits per heavy atom. The van der Waals surface area contributed by atoms with Crippen LogP contribution >= 0.6 is 12.4 Å². The molecule has 0 amide bonds. The van der Waals surface area contributed by atoms with Crippen LogP contribution in [0, 0.1) is 0 Å². The van der Waals surface area contributed by atoms with Gasteiger partial charge >= 0.3 is 0 Å². The second kappa shape index (κ2) is 3.21. The van der Waals surface area contributed by atoms with Gasteiger partial charge in [-0.3, -0.25) is 5.73 Å². The molecule has 0 aliphatic rings. The molecule has 0 saturated heterocycles. The molecular formula is C3H10ClNO3. The van der Waals surface area contributed by atoms with Crippen LogP contribution in [0.25, 0.3) is 0 Å². The maximum atomic E-state index is 8.37. The van der Waals surface area contributed by atoms with Crippen molar-refractivity contribution in [2.45, 2.75) is 18.9 Å². The molecule has 0 spiro atoms. The molecule has 0 aromatic carbocycles. The van der Waals surface area contributed by atoms with Crippen molar-refractivity contribution >= 4 is 12.4 Å². The predicted molar refractivity (Wildman–Crippen MR) is 30.3 cm³/mol. The Kier molecular flexibility index (Phi) is 4.42. The first-order valence-electron chi connectivity index (χ1n) is 1.82. The molecular weight excluding hydrogens is 133 g/mol. The first kappa shape index (κ1) is 11.0. The fourth-order valence-corrected chi connectivity index (χ4v) is 0. The monoisotopic (exact) mass is 143 g/mol. The van der Waals surface area contributed by atoms with Gasteiger partial charge < -0.3 is 15.3 Å². The third kappa shape index (κ3) is 4.29. The highest BCUT2D eigenvalue weighted by atomic mass is 35.5. The summed E-state index contributed by atoms with van der Waals surface area (Å²) < 4.78 is 0. The lowest BCUT2D eigenvalue weighted by Crippen LogP contribution is -2.47. The van der Waals surface area contributed by atoms with Gasteiger partial charge in [-0.1, -0.05) is 0 Å². The molecule has 0 aliphatic carbocycles. The van der Waals surface area contributed by atoms with E-state index in [9.17, 15) is 0 Å². The summed E-state index contributed by atoms with van der Waals surface area (Å²) in [7, 11) is 0. The second-order valence-corrected chi connectivity index (χ2v) is 1.60. The van der Waals surface area contributed by atoms with Crippen molar-refractivity contribution in [3.05, 3.63) is 0 Å². The molecule has 0 aromatic rings. The van der Waals surface area contributed by atoms with Crippen LogP contribution in [0.3, 0.4) is 0 Å². The zero-order valence-electron chi connectivity index (χ0n) is 4.40. The quantitative estimate of drug-likeness (QED) is 0.333. The Morgan fingerprint density at radius 2 is 1.62 bits per heavy atom. The number of halogens is 1. The molecule has 52 valence electrons. The van der Waals surface area contributed by atoms with E-state index in [1.807, 2.05) is 0 Å². The van der Waals surface area contributed by atoms with E-state index in [0.29, 0.717) is 0 Å². The topological polar surface area (TPSA) is 86.7 Å². The van der Waals surface area contributed by atoms with E-state index in [1.54, 1.807) is 0 Å². The van der Waals surface area contributed by atoms with E-state index in [1.165, 1.54) is 0 Å². The summed E-state index contributed by atoms with van der Waals surface area (Å²) in [6, 6.07) is 0. The van der Waals surface area contributed by atoms with Gasteiger partial charge in [0.25, 0.3) is 0 Å². The van der Waals surface area contributed by atoms with Gasteiger partial charge in [0.1, 0.15) is 0 Å². The number of hydrogen-bond acceptors (Lipinski definition) is 4. The lowest BCUT2D eigenvalue weighted by atomic mass is 10.3.